The number of hydrogen-bond acceptors (Lipinski definition) is 4. The van der Waals surface area contributed by atoms with Crippen LogP contribution in [-0.2, 0) is 12.7 Å². The topological polar surface area (TPSA) is 37.8 Å². The van der Waals surface area contributed by atoms with Crippen LogP contribution < -0.4 is 5.32 Å². The highest BCUT2D eigenvalue weighted by Crippen LogP contribution is 2.37. The molecule has 108 valence electrons. The van der Waals surface area contributed by atoms with E-state index in [1.807, 2.05) is 13.8 Å². The van der Waals surface area contributed by atoms with Gasteiger partial charge in [0.25, 0.3) is 0 Å². The maximum Gasteiger partial charge on any atom is 0.434 e. The number of thiazole rings is 1. The quantitative estimate of drug-likeness (QED) is 0.935. The Morgan fingerprint density at radius 3 is 2.45 bits per heavy atom. The summed E-state index contributed by atoms with van der Waals surface area (Å²) in [6, 6.07) is 3.42. The van der Waals surface area contributed by atoms with Gasteiger partial charge in [-0.15, -0.1) is 11.3 Å². The molecule has 0 unspecified atom stereocenters. The summed E-state index contributed by atoms with van der Waals surface area (Å²) >= 11 is 1.06. The van der Waals surface area contributed by atoms with Crippen LogP contribution in [0.3, 0.4) is 0 Å². The lowest BCUT2D eigenvalue weighted by atomic mass is 10.3. The van der Waals surface area contributed by atoms with Crippen molar-refractivity contribution in [2.45, 2.75) is 32.6 Å². The Labute approximate surface area is 118 Å². The number of rotatable bonds is 4. The lowest BCUT2D eigenvalue weighted by Gasteiger charge is -2.09. The second-order valence-corrected chi connectivity index (χ2v) is 5.64. The number of alkyl halides is 3. The Hall–Kier alpha value is -1.47. The van der Waals surface area contributed by atoms with E-state index in [-0.39, 0.29) is 17.5 Å². The van der Waals surface area contributed by atoms with Crippen LogP contribution in [0.1, 0.15) is 24.4 Å². The third kappa shape index (κ3) is 3.55. The number of hydrogen-bond donors (Lipinski definition) is 1. The van der Waals surface area contributed by atoms with Gasteiger partial charge in [0.15, 0.2) is 5.69 Å². The number of pyridine rings is 1. The van der Waals surface area contributed by atoms with Gasteiger partial charge in [0.2, 0.25) is 0 Å². The highest BCUT2D eigenvalue weighted by molar-refractivity contribution is 7.15. The molecule has 0 spiro atoms. The van der Waals surface area contributed by atoms with Gasteiger partial charge in [0, 0.05) is 30.5 Å². The van der Waals surface area contributed by atoms with Crippen LogP contribution in [0.15, 0.2) is 24.5 Å². The van der Waals surface area contributed by atoms with E-state index in [0.29, 0.717) is 10.6 Å². The first-order valence-electron chi connectivity index (χ1n) is 6.08. The zero-order chi connectivity index (χ0) is 14.8. The van der Waals surface area contributed by atoms with E-state index in [9.17, 15) is 13.2 Å². The van der Waals surface area contributed by atoms with Gasteiger partial charge >= 0.3 is 6.18 Å². The number of nitrogens with zero attached hydrogens (tertiary/aromatic N) is 2. The zero-order valence-corrected chi connectivity index (χ0v) is 11.8. The lowest BCUT2D eigenvalue weighted by molar-refractivity contribution is -0.141. The minimum Gasteiger partial charge on any atom is -0.310 e. The van der Waals surface area contributed by atoms with Gasteiger partial charge in [-0.3, -0.25) is 4.98 Å². The van der Waals surface area contributed by atoms with E-state index in [0.717, 1.165) is 11.3 Å². The average Bonchev–Trinajstić information content (AvgIpc) is 2.81. The Morgan fingerprint density at radius 1 is 1.25 bits per heavy atom. The molecule has 7 heteroatoms. The smallest absolute Gasteiger partial charge is 0.310 e. The van der Waals surface area contributed by atoms with E-state index >= 15 is 0 Å². The molecule has 0 atom stereocenters. The van der Waals surface area contributed by atoms with Gasteiger partial charge in [-0.2, -0.15) is 13.2 Å². The number of halogens is 3. The first-order valence-corrected chi connectivity index (χ1v) is 6.90. The van der Waals surface area contributed by atoms with Crippen molar-refractivity contribution in [2.24, 2.45) is 0 Å². The molecule has 0 fully saturated rings. The fourth-order valence-corrected chi connectivity index (χ4v) is 2.65. The molecule has 0 aliphatic rings. The molecule has 0 aliphatic heterocycles. The Bertz CT molecular complexity index is 564. The molecule has 0 amide bonds. The molecule has 0 aromatic carbocycles. The minimum atomic E-state index is -4.43. The van der Waals surface area contributed by atoms with Crippen LogP contribution in [0.25, 0.3) is 10.6 Å². The van der Waals surface area contributed by atoms with Crippen LogP contribution in [0.5, 0.6) is 0 Å². The van der Waals surface area contributed by atoms with Crippen molar-refractivity contribution in [1.82, 2.24) is 15.3 Å². The fourth-order valence-electron chi connectivity index (χ4n) is 1.61. The second-order valence-electron chi connectivity index (χ2n) is 4.56. The molecular weight excluding hydrogens is 287 g/mol. The molecule has 3 nitrogen and oxygen atoms in total. The van der Waals surface area contributed by atoms with Crippen LogP contribution in [-0.4, -0.2) is 16.0 Å². The van der Waals surface area contributed by atoms with Crippen molar-refractivity contribution in [3.63, 3.8) is 0 Å². The van der Waals surface area contributed by atoms with Crippen molar-refractivity contribution in [1.29, 1.82) is 0 Å². The molecule has 1 N–H and O–H groups in total. The minimum absolute atomic E-state index is 0.113. The monoisotopic (exact) mass is 301 g/mol. The molecule has 0 radical (unpaired) electrons. The summed E-state index contributed by atoms with van der Waals surface area (Å²) in [5, 5.41) is 3.36. The summed E-state index contributed by atoms with van der Waals surface area (Å²) in [4.78, 5) is 7.81. The summed E-state index contributed by atoms with van der Waals surface area (Å²) in [7, 11) is 0. The average molecular weight is 301 g/mol. The van der Waals surface area contributed by atoms with Gasteiger partial charge < -0.3 is 5.32 Å². The molecule has 20 heavy (non-hydrogen) atoms. The Kier molecular flexibility index (Phi) is 4.39. The third-order valence-electron chi connectivity index (χ3n) is 2.56. The largest absolute Gasteiger partial charge is 0.434 e. The van der Waals surface area contributed by atoms with E-state index < -0.39 is 11.9 Å². The lowest BCUT2D eigenvalue weighted by Crippen LogP contribution is -2.23. The second kappa shape index (κ2) is 5.88. The maximum atomic E-state index is 13.0. The van der Waals surface area contributed by atoms with E-state index in [1.165, 1.54) is 12.4 Å². The summed E-state index contributed by atoms with van der Waals surface area (Å²) in [6.45, 7) is 3.94. The zero-order valence-electron chi connectivity index (χ0n) is 11.0. The fraction of sp³-hybridized carbons (Fsp3) is 0.385. The summed E-state index contributed by atoms with van der Waals surface area (Å²) in [5.41, 5.74) is -0.159. The third-order valence-corrected chi connectivity index (χ3v) is 3.67. The van der Waals surface area contributed by atoms with E-state index in [2.05, 4.69) is 15.3 Å². The van der Waals surface area contributed by atoms with Crippen molar-refractivity contribution in [2.75, 3.05) is 0 Å². The standard InChI is InChI=1S/C13H14F3N3S/c1-8(2)18-7-10-11(13(14,15)16)19-12(20-10)9-3-5-17-6-4-9/h3-6,8,18H,7H2,1-2H3. The first kappa shape index (κ1) is 14.9. The van der Waals surface area contributed by atoms with Gasteiger partial charge in [0.05, 0.1) is 4.88 Å². The van der Waals surface area contributed by atoms with Gasteiger partial charge in [-0.25, -0.2) is 4.98 Å². The Morgan fingerprint density at radius 2 is 1.90 bits per heavy atom. The van der Waals surface area contributed by atoms with Crippen LogP contribution in [0.2, 0.25) is 0 Å². The molecule has 0 bridgehead atoms. The normalized spacial score (nSPS) is 12.1. The molecule has 2 aromatic heterocycles. The molecule has 0 aliphatic carbocycles. The Balaban J connectivity index is 2.37. The maximum absolute atomic E-state index is 13.0. The van der Waals surface area contributed by atoms with Gasteiger partial charge in [0.1, 0.15) is 5.01 Å². The van der Waals surface area contributed by atoms with Crippen molar-refractivity contribution < 1.29 is 13.2 Å². The molecule has 2 rings (SSSR count). The molecule has 0 saturated heterocycles. The summed E-state index contributed by atoms with van der Waals surface area (Å²) in [6.07, 6.45) is -1.36. The van der Waals surface area contributed by atoms with Crippen molar-refractivity contribution >= 4 is 11.3 Å². The predicted molar refractivity (Wildman–Crippen MR) is 72.3 cm³/mol. The first-order chi connectivity index (χ1) is 9.38. The number of aromatic nitrogens is 2. The van der Waals surface area contributed by atoms with Gasteiger partial charge in [-0.1, -0.05) is 13.8 Å². The van der Waals surface area contributed by atoms with Gasteiger partial charge in [-0.05, 0) is 12.1 Å². The van der Waals surface area contributed by atoms with Crippen LogP contribution in [0, 0.1) is 0 Å². The van der Waals surface area contributed by atoms with Crippen molar-refractivity contribution in [3.8, 4) is 10.6 Å². The molecule has 2 aromatic rings. The highest BCUT2D eigenvalue weighted by atomic mass is 32.1. The van der Waals surface area contributed by atoms with E-state index in [4.69, 9.17) is 0 Å². The summed E-state index contributed by atoms with van der Waals surface area (Å²) in [5.74, 6) is 0. The van der Waals surface area contributed by atoms with E-state index in [1.54, 1.807) is 12.1 Å². The van der Waals surface area contributed by atoms with Crippen molar-refractivity contribution in [3.05, 3.63) is 35.1 Å². The SMILES string of the molecule is CC(C)NCc1sc(-c2ccncc2)nc1C(F)(F)F. The molecular formula is C13H14F3N3S. The van der Waals surface area contributed by atoms with Crippen LogP contribution >= 0.6 is 11.3 Å². The summed E-state index contributed by atoms with van der Waals surface area (Å²) < 4.78 is 39.0. The van der Waals surface area contributed by atoms with Crippen LogP contribution in [0.4, 0.5) is 13.2 Å². The number of nitrogens with one attached hydrogen (secondary N) is 1. The molecule has 2 heterocycles. The predicted octanol–water partition coefficient (Wildman–Crippen LogP) is 3.72. The molecule has 0 saturated carbocycles. The highest BCUT2D eigenvalue weighted by Gasteiger charge is 2.37.